The Morgan fingerprint density at radius 3 is 2.30 bits per heavy atom. The molecular weight excluding hydrogens is 402 g/mol. The molecule has 2 N–H and O–H groups in total. The topological polar surface area (TPSA) is 96.5 Å². The Kier molecular flexibility index (Phi) is 5.82. The van der Waals surface area contributed by atoms with Gasteiger partial charge in [-0.2, -0.15) is 0 Å². The van der Waals surface area contributed by atoms with Crippen LogP contribution in [0.4, 0.5) is 23.0 Å². The highest BCUT2D eigenvalue weighted by Crippen LogP contribution is 2.23. The van der Waals surface area contributed by atoms with Crippen LogP contribution in [-0.2, 0) is 14.8 Å². The average molecular weight is 426 g/mol. The van der Waals surface area contributed by atoms with Crippen LogP contribution in [0, 0.1) is 6.92 Å². The molecule has 2 heterocycles. The summed E-state index contributed by atoms with van der Waals surface area (Å²) in [4.78, 5) is 11.4. The predicted octanol–water partition coefficient (Wildman–Crippen LogP) is 3.17. The Labute approximate surface area is 176 Å². The van der Waals surface area contributed by atoms with E-state index in [0.717, 1.165) is 24.6 Å². The van der Waals surface area contributed by atoms with E-state index in [-0.39, 0.29) is 4.90 Å². The summed E-state index contributed by atoms with van der Waals surface area (Å²) in [5.41, 5.74) is 1.28. The molecule has 3 aromatic rings. The molecule has 0 bridgehead atoms. The summed E-state index contributed by atoms with van der Waals surface area (Å²) in [5.74, 6) is 2.22. The second kappa shape index (κ2) is 8.68. The monoisotopic (exact) mass is 425 g/mol. The molecule has 4 rings (SSSR count). The van der Waals surface area contributed by atoms with Gasteiger partial charge in [-0.15, -0.1) is 0 Å². The lowest BCUT2D eigenvalue weighted by molar-refractivity contribution is 0.122. The van der Waals surface area contributed by atoms with E-state index < -0.39 is 10.0 Å². The fourth-order valence-electron chi connectivity index (χ4n) is 3.15. The van der Waals surface area contributed by atoms with Crippen LogP contribution < -0.4 is 14.9 Å². The summed E-state index contributed by atoms with van der Waals surface area (Å²) in [6, 6.07) is 17.2. The van der Waals surface area contributed by atoms with Crippen molar-refractivity contribution in [3.05, 3.63) is 66.5 Å². The molecule has 156 valence electrons. The molecule has 0 unspecified atom stereocenters. The lowest BCUT2D eigenvalue weighted by Gasteiger charge is -2.28. The largest absolute Gasteiger partial charge is 0.378 e. The number of benzene rings is 2. The smallest absolute Gasteiger partial charge is 0.261 e. The zero-order chi connectivity index (χ0) is 21.0. The number of anilines is 4. The van der Waals surface area contributed by atoms with Crippen molar-refractivity contribution in [1.82, 2.24) is 9.97 Å². The van der Waals surface area contributed by atoms with Gasteiger partial charge in [-0.05, 0) is 43.3 Å². The fraction of sp³-hybridized carbons (Fsp3) is 0.238. The second-order valence-electron chi connectivity index (χ2n) is 6.88. The van der Waals surface area contributed by atoms with E-state index in [9.17, 15) is 8.42 Å². The first-order chi connectivity index (χ1) is 14.5. The van der Waals surface area contributed by atoms with Crippen molar-refractivity contribution in [2.45, 2.75) is 11.8 Å². The summed E-state index contributed by atoms with van der Waals surface area (Å²) in [6.07, 6.45) is 0. The molecule has 2 aromatic carbocycles. The number of rotatable bonds is 6. The molecule has 1 aromatic heterocycles. The van der Waals surface area contributed by atoms with Crippen LogP contribution in [0.25, 0.3) is 0 Å². The number of ether oxygens (including phenoxy) is 1. The third-order valence-electron chi connectivity index (χ3n) is 4.62. The minimum absolute atomic E-state index is 0.222. The van der Waals surface area contributed by atoms with E-state index in [4.69, 9.17) is 4.74 Å². The Balaban J connectivity index is 1.47. The molecule has 8 nitrogen and oxygen atoms in total. The maximum Gasteiger partial charge on any atom is 0.261 e. The van der Waals surface area contributed by atoms with Crippen molar-refractivity contribution in [3.63, 3.8) is 0 Å². The Morgan fingerprint density at radius 1 is 0.933 bits per heavy atom. The van der Waals surface area contributed by atoms with Crippen LogP contribution in [0.15, 0.2) is 65.6 Å². The molecule has 1 aliphatic heterocycles. The zero-order valence-electron chi connectivity index (χ0n) is 16.6. The first-order valence-corrected chi connectivity index (χ1v) is 11.1. The van der Waals surface area contributed by atoms with E-state index >= 15 is 0 Å². The van der Waals surface area contributed by atoms with Crippen molar-refractivity contribution in [2.75, 3.05) is 41.2 Å². The number of aryl methyl sites for hydroxylation is 1. The third-order valence-corrected chi connectivity index (χ3v) is 6.02. The number of nitrogens with one attached hydrogen (secondary N) is 2. The van der Waals surface area contributed by atoms with Crippen LogP contribution in [-0.4, -0.2) is 44.7 Å². The van der Waals surface area contributed by atoms with Gasteiger partial charge in [-0.3, -0.25) is 4.72 Å². The third kappa shape index (κ3) is 4.87. The molecule has 0 aliphatic carbocycles. The molecule has 9 heteroatoms. The number of aromatic nitrogens is 2. The molecule has 0 spiro atoms. The first kappa shape index (κ1) is 20.1. The van der Waals surface area contributed by atoms with E-state index in [1.165, 1.54) is 0 Å². The van der Waals surface area contributed by atoms with Gasteiger partial charge in [0.1, 0.15) is 17.5 Å². The quantitative estimate of drug-likeness (QED) is 0.626. The highest BCUT2D eigenvalue weighted by Gasteiger charge is 2.15. The van der Waals surface area contributed by atoms with Crippen LogP contribution in [0.2, 0.25) is 0 Å². The number of sulfonamides is 1. The molecule has 0 atom stereocenters. The highest BCUT2D eigenvalue weighted by atomic mass is 32.2. The molecule has 1 fully saturated rings. The van der Waals surface area contributed by atoms with E-state index in [1.54, 1.807) is 54.6 Å². The fourth-order valence-corrected chi connectivity index (χ4v) is 4.23. The average Bonchev–Trinajstić information content (AvgIpc) is 2.76. The van der Waals surface area contributed by atoms with Gasteiger partial charge in [0, 0.05) is 30.5 Å². The van der Waals surface area contributed by atoms with Crippen molar-refractivity contribution in [3.8, 4) is 0 Å². The maximum atomic E-state index is 12.4. The number of morpholine rings is 1. The van der Waals surface area contributed by atoms with Crippen molar-refractivity contribution in [2.24, 2.45) is 0 Å². The normalized spacial score (nSPS) is 14.4. The van der Waals surface area contributed by atoms with Gasteiger partial charge >= 0.3 is 0 Å². The minimum Gasteiger partial charge on any atom is -0.378 e. The highest BCUT2D eigenvalue weighted by molar-refractivity contribution is 7.92. The second-order valence-corrected chi connectivity index (χ2v) is 8.56. The molecule has 0 amide bonds. The summed E-state index contributed by atoms with van der Waals surface area (Å²) in [5, 5.41) is 3.26. The lowest BCUT2D eigenvalue weighted by Crippen LogP contribution is -2.36. The SMILES string of the molecule is Cc1nc(Nc2ccc(NS(=O)(=O)c3ccccc3)cc2)cc(N2CCOCC2)n1. The number of hydrogen-bond acceptors (Lipinski definition) is 7. The number of hydrogen-bond donors (Lipinski definition) is 2. The van der Waals surface area contributed by atoms with Crippen LogP contribution in [0.3, 0.4) is 0 Å². The van der Waals surface area contributed by atoms with Gasteiger partial charge in [0.05, 0.1) is 18.1 Å². The Hall–Kier alpha value is -3.17. The molecule has 0 radical (unpaired) electrons. The summed E-state index contributed by atoms with van der Waals surface area (Å²) < 4.78 is 32.9. The van der Waals surface area contributed by atoms with E-state index in [0.29, 0.717) is 30.5 Å². The first-order valence-electron chi connectivity index (χ1n) is 9.63. The van der Waals surface area contributed by atoms with Crippen LogP contribution in [0.1, 0.15) is 5.82 Å². The maximum absolute atomic E-state index is 12.4. The standard InChI is InChI=1S/C21H23N5O3S/c1-16-22-20(15-21(23-16)26-11-13-29-14-12-26)24-17-7-9-18(10-8-17)25-30(27,28)19-5-3-2-4-6-19/h2-10,15,25H,11-14H2,1H3,(H,22,23,24). The van der Waals surface area contributed by atoms with Gasteiger partial charge in [0.15, 0.2) is 0 Å². The van der Waals surface area contributed by atoms with Gasteiger partial charge in [0.2, 0.25) is 0 Å². The van der Waals surface area contributed by atoms with Crippen molar-refractivity contribution in [1.29, 1.82) is 0 Å². The van der Waals surface area contributed by atoms with E-state index in [2.05, 4.69) is 24.9 Å². The summed E-state index contributed by atoms with van der Waals surface area (Å²) in [6.45, 7) is 4.83. The molecule has 1 saturated heterocycles. The van der Waals surface area contributed by atoms with Crippen LogP contribution in [0.5, 0.6) is 0 Å². The van der Waals surface area contributed by atoms with Crippen molar-refractivity contribution >= 4 is 33.0 Å². The van der Waals surface area contributed by atoms with Gasteiger partial charge in [-0.25, -0.2) is 18.4 Å². The van der Waals surface area contributed by atoms with Gasteiger partial charge in [-0.1, -0.05) is 18.2 Å². The summed E-state index contributed by atoms with van der Waals surface area (Å²) in [7, 11) is -3.62. The van der Waals surface area contributed by atoms with E-state index in [1.807, 2.05) is 13.0 Å². The van der Waals surface area contributed by atoms with Gasteiger partial charge in [0.25, 0.3) is 10.0 Å². The molecule has 30 heavy (non-hydrogen) atoms. The summed E-state index contributed by atoms with van der Waals surface area (Å²) >= 11 is 0. The molecular formula is C21H23N5O3S. The molecule has 0 saturated carbocycles. The molecule has 1 aliphatic rings. The zero-order valence-corrected chi connectivity index (χ0v) is 17.4. The van der Waals surface area contributed by atoms with Crippen molar-refractivity contribution < 1.29 is 13.2 Å². The Morgan fingerprint density at radius 2 is 1.60 bits per heavy atom. The Bertz CT molecular complexity index is 1100. The minimum atomic E-state index is -3.62. The predicted molar refractivity (Wildman–Crippen MR) is 117 cm³/mol. The van der Waals surface area contributed by atoms with Crippen LogP contribution >= 0.6 is 0 Å². The van der Waals surface area contributed by atoms with Gasteiger partial charge < -0.3 is 15.0 Å². The lowest BCUT2D eigenvalue weighted by atomic mass is 10.3. The number of nitrogens with zero attached hydrogens (tertiary/aromatic N) is 3.